The number of carbonyl (C=O) groups excluding carboxylic acids is 2. The molecule has 29 heavy (non-hydrogen) atoms. The molecule has 3 aromatic rings. The molecule has 0 radical (unpaired) electrons. The molecule has 0 aliphatic heterocycles. The third-order valence-corrected chi connectivity index (χ3v) is 4.40. The molecule has 150 valence electrons. The standard InChI is InChI=1S/C22H20O7/c1-25-14-10-16(26-2)19(17(11-14)27-3)20(23)18-15(22(24)28-4)12-29-21(18)13-8-6-5-7-9-13/h5-12H,1-4H3. The van der Waals surface area contributed by atoms with Crippen molar-refractivity contribution in [3.05, 3.63) is 65.4 Å². The van der Waals surface area contributed by atoms with Crippen LogP contribution in [0.3, 0.4) is 0 Å². The van der Waals surface area contributed by atoms with Crippen molar-refractivity contribution in [1.82, 2.24) is 0 Å². The summed E-state index contributed by atoms with van der Waals surface area (Å²) >= 11 is 0. The zero-order valence-electron chi connectivity index (χ0n) is 16.5. The van der Waals surface area contributed by atoms with Gasteiger partial charge >= 0.3 is 5.97 Å². The fraction of sp³-hybridized carbons (Fsp3) is 0.182. The van der Waals surface area contributed by atoms with Crippen molar-refractivity contribution in [3.8, 4) is 28.6 Å². The summed E-state index contributed by atoms with van der Waals surface area (Å²) in [5.74, 6) is -0.0145. The predicted octanol–water partition coefficient (Wildman–Crippen LogP) is 3.99. The van der Waals surface area contributed by atoms with E-state index in [0.717, 1.165) is 0 Å². The van der Waals surface area contributed by atoms with Crippen LogP contribution in [-0.2, 0) is 4.74 Å². The minimum atomic E-state index is -0.689. The fourth-order valence-electron chi connectivity index (χ4n) is 3.00. The monoisotopic (exact) mass is 396 g/mol. The molecule has 0 N–H and O–H groups in total. The van der Waals surface area contributed by atoms with Gasteiger partial charge in [0.25, 0.3) is 0 Å². The lowest BCUT2D eigenvalue weighted by Crippen LogP contribution is -2.12. The maximum absolute atomic E-state index is 13.6. The van der Waals surface area contributed by atoms with E-state index in [1.807, 2.05) is 6.07 Å². The average molecular weight is 396 g/mol. The summed E-state index contributed by atoms with van der Waals surface area (Å²) in [6.07, 6.45) is 1.21. The number of rotatable bonds is 7. The van der Waals surface area contributed by atoms with Crippen LogP contribution in [0.5, 0.6) is 17.2 Å². The lowest BCUT2D eigenvalue weighted by atomic mass is 9.95. The van der Waals surface area contributed by atoms with Crippen molar-refractivity contribution >= 4 is 11.8 Å². The first-order valence-corrected chi connectivity index (χ1v) is 8.65. The SMILES string of the molecule is COC(=O)c1coc(-c2ccccc2)c1C(=O)c1c(OC)cc(OC)cc1OC. The molecule has 0 spiro atoms. The Bertz CT molecular complexity index is 1010. The number of ether oxygens (including phenoxy) is 4. The van der Waals surface area contributed by atoms with Crippen molar-refractivity contribution in [3.63, 3.8) is 0 Å². The molecular weight excluding hydrogens is 376 g/mol. The normalized spacial score (nSPS) is 10.3. The molecule has 7 heteroatoms. The van der Waals surface area contributed by atoms with Crippen LogP contribution in [0.1, 0.15) is 26.3 Å². The molecule has 0 saturated heterocycles. The Hall–Kier alpha value is -3.74. The second kappa shape index (κ2) is 8.52. The highest BCUT2D eigenvalue weighted by molar-refractivity contribution is 6.19. The van der Waals surface area contributed by atoms with E-state index in [1.165, 1.54) is 34.7 Å². The van der Waals surface area contributed by atoms with Crippen molar-refractivity contribution in [1.29, 1.82) is 0 Å². The van der Waals surface area contributed by atoms with Gasteiger partial charge in [-0.15, -0.1) is 0 Å². The third kappa shape index (κ3) is 3.67. The number of methoxy groups -OCH3 is 4. The summed E-state index contributed by atoms with van der Waals surface area (Å²) in [6.45, 7) is 0. The summed E-state index contributed by atoms with van der Waals surface area (Å²) in [4.78, 5) is 25.9. The second-order valence-corrected chi connectivity index (χ2v) is 5.95. The highest BCUT2D eigenvalue weighted by Gasteiger charge is 2.31. The number of hydrogen-bond donors (Lipinski definition) is 0. The molecule has 0 bridgehead atoms. The number of benzene rings is 2. The highest BCUT2D eigenvalue weighted by Crippen LogP contribution is 2.39. The summed E-state index contributed by atoms with van der Waals surface area (Å²) in [5, 5.41) is 0. The van der Waals surface area contributed by atoms with Gasteiger partial charge in [0.15, 0.2) is 0 Å². The minimum absolute atomic E-state index is 0.0104. The van der Waals surface area contributed by atoms with Crippen LogP contribution in [0.4, 0.5) is 0 Å². The molecule has 0 aliphatic rings. The van der Waals surface area contributed by atoms with E-state index < -0.39 is 11.8 Å². The molecule has 3 rings (SSSR count). The summed E-state index contributed by atoms with van der Waals surface area (Å²) in [5.41, 5.74) is 0.845. The Balaban J connectivity index is 2.27. The molecule has 0 aliphatic carbocycles. The smallest absolute Gasteiger partial charge is 0.341 e. The van der Waals surface area contributed by atoms with Crippen LogP contribution in [0.25, 0.3) is 11.3 Å². The molecular formula is C22H20O7. The van der Waals surface area contributed by atoms with E-state index in [9.17, 15) is 9.59 Å². The molecule has 0 saturated carbocycles. The molecule has 7 nitrogen and oxygen atoms in total. The van der Waals surface area contributed by atoms with Crippen LogP contribution >= 0.6 is 0 Å². The molecule has 0 atom stereocenters. The van der Waals surface area contributed by atoms with E-state index in [2.05, 4.69) is 0 Å². The molecule has 1 aromatic heterocycles. The fourth-order valence-corrected chi connectivity index (χ4v) is 3.00. The number of esters is 1. The molecule has 0 unspecified atom stereocenters. The minimum Gasteiger partial charge on any atom is -0.496 e. The first-order valence-electron chi connectivity index (χ1n) is 8.65. The summed E-state index contributed by atoms with van der Waals surface area (Å²) in [7, 11) is 5.59. The van der Waals surface area contributed by atoms with Crippen LogP contribution in [0, 0.1) is 0 Å². The zero-order chi connectivity index (χ0) is 21.0. The van der Waals surface area contributed by atoms with Gasteiger partial charge in [-0.1, -0.05) is 30.3 Å². The molecule has 2 aromatic carbocycles. The number of hydrogen-bond acceptors (Lipinski definition) is 7. The highest BCUT2D eigenvalue weighted by atomic mass is 16.5. The summed E-state index contributed by atoms with van der Waals surface area (Å²) in [6, 6.07) is 12.1. The predicted molar refractivity (Wildman–Crippen MR) is 105 cm³/mol. The van der Waals surface area contributed by atoms with Gasteiger partial charge in [0, 0.05) is 17.7 Å². The van der Waals surface area contributed by atoms with Crippen LogP contribution in [-0.4, -0.2) is 40.2 Å². The first-order chi connectivity index (χ1) is 14.0. The van der Waals surface area contributed by atoms with Crippen molar-refractivity contribution in [2.75, 3.05) is 28.4 Å². The van der Waals surface area contributed by atoms with E-state index in [-0.39, 0.29) is 33.9 Å². The Morgan fingerprint density at radius 1 is 0.828 bits per heavy atom. The van der Waals surface area contributed by atoms with Crippen molar-refractivity contribution in [2.24, 2.45) is 0 Å². The van der Waals surface area contributed by atoms with Gasteiger partial charge in [0.2, 0.25) is 5.78 Å². The van der Waals surface area contributed by atoms with E-state index >= 15 is 0 Å². The van der Waals surface area contributed by atoms with Crippen LogP contribution in [0.2, 0.25) is 0 Å². The van der Waals surface area contributed by atoms with Gasteiger partial charge in [0.1, 0.15) is 40.4 Å². The molecule has 1 heterocycles. The summed E-state index contributed by atoms with van der Waals surface area (Å²) < 4.78 is 26.5. The average Bonchev–Trinajstić information content (AvgIpc) is 3.22. The van der Waals surface area contributed by atoms with Crippen LogP contribution in [0.15, 0.2) is 53.1 Å². The Morgan fingerprint density at radius 2 is 1.45 bits per heavy atom. The second-order valence-electron chi connectivity index (χ2n) is 5.95. The van der Waals surface area contributed by atoms with Gasteiger partial charge in [-0.2, -0.15) is 0 Å². The van der Waals surface area contributed by atoms with Gasteiger partial charge in [-0.3, -0.25) is 4.79 Å². The first kappa shape index (κ1) is 20.0. The lowest BCUT2D eigenvalue weighted by Gasteiger charge is -2.15. The van der Waals surface area contributed by atoms with Crippen molar-refractivity contribution in [2.45, 2.75) is 0 Å². The maximum Gasteiger partial charge on any atom is 0.341 e. The zero-order valence-corrected chi connectivity index (χ0v) is 16.5. The van der Waals surface area contributed by atoms with Gasteiger partial charge < -0.3 is 23.4 Å². The largest absolute Gasteiger partial charge is 0.496 e. The van der Waals surface area contributed by atoms with E-state index in [4.69, 9.17) is 23.4 Å². The van der Waals surface area contributed by atoms with E-state index in [1.54, 1.807) is 36.4 Å². The number of ketones is 1. The van der Waals surface area contributed by atoms with Gasteiger partial charge in [-0.05, 0) is 0 Å². The maximum atomic E-state index is 13.6. The van der Waals surface area contributed by atoms with Gasteiger partial charge in [-0.25, -0.2) is 4.79 Å². The number of furan rings is 1. The molecule has 0 fully saturated rings. The third-order valence-electron chi connectivity index (χ3n) is 4.40. The molecule has 0 amide bonds. The van der Waals surface area contributed by atoms with E-state index in [0.29, 0.717) is 11.3 Å². The quantitative estimate of drug-likeness (QED) is 0.441. The lowest BCUT2D eigenvalue weighted by molar-refractivity contribution is 0.0597. The van der Waals surface area contributed by atoms with Gasteiger partial charge in [0.05, 0.1) is 34.0 Å². The Morgan fingerprint density at radius 3 is 1.97 bits per heavy atom. The Labute approximate surface area is 167 Å². The number of carbonyl (C=O) groups is 2. The Kier molecular flexibility index (Phi) is 5.87. The topological polar surface area (TPSA) is 84.2 Å². The van der Waals surface area contributed by atoms with Crippen LogP contribution < -0.4 is 14.2 Å². The van der Waals surface area contributed by atoms with Crippen molar-refractivity contribution < 1.29 is 33.0 Å².